The number of nitrogens with one attached hydrogen (secondary N) is 2. The maximum absolute atomic E-state index is 12.3. The lowest BCUT2D eigenvalue weighted by Crippen LogP contribution is -2.12. The van der Waals surface area contributed by atoms with Crippen LogP contribution in [0.5, 0.6) is 5.75 Å². The van der Waals surface area contributed by atoms with Gasteiger partial charge in [-0.3, -0.25) is 4.79 Å². The smallest absolute Gasteiger partial charge is 0.339 e. The van der Waals surface area contributed by atoms with Crippen molar-refractivity contribution in [3.8, 4) is 5.75 Å². The summed E-state index contributed by atoms with van der Waals surface area (Å²) in [4.78, 5) is 28.4. The molecule has 0 saturated carbocycles. The molecule has 1 aromatic heterocycles. The van der Waals surface area contributed by atoms with Crippen molar-refractivity contribution in [1.29, 1.82) is 0 Å². The van der Waals surface area contributed by atoms with Crippen LogP contribution in [-0.4, -0.2) is 31.1 Å². The number of esters is 1. The predicted molar refractivity (Wildman–Crippen MR) is 106 cm³/mol. The van der Waals surface area contributed by atoms with Crippen LogP contribution < -0.4 is 15.4 Å². The largest absolute Gasteiger partial charge is 0.497 e. The Labute approximate surface area is 162 Å². The molecule has 0 aliphatic heterocycles. The number of carbonyl (C=O) groups is 2. The van der Waals surface area contributed by atoms with Crippen LogP contribution in [0.3, 0.4) is 0 Å². The van der Waals surface area contributed by atoms with Crippen molar-refractivity contribution in [3.63, 3.8) is 0 Å². The van der Waals surface area contributed by atoms with Crippen LogP contribution in [0.2, 0.25) is 0 Å². The summed E-state index contributed by atoms with van der Waals surface area (Å²) in [5, 5.41) is 5.86. The first-order chi connectivity index (χ1) is 13.6. The maximum Gasteiger partial charge on any atom is 0.339 e. The number of anilines is 3. The molecule has 0 atom stereocenters. The van der Waals surface area contributed by atoms with Crippen molar-refractivity contribution in [2.45, 2.75) is 0 Å². The van der Waals surface area contributed by atoms with Gasteiger partial charge in [-0.25, -0.2) is 9.78 Å². The summed E-state index contributed by atoms with van der Waals surface area (Å²) >= 11 is 0. The lowest BCUT2D eigenvalue weighted by Gasteiger charge is -2.11. The summed E-state index contributed by atoms with van der Waals surface area (Å²) in [6.45, 7) is 0. The molecule has 2 aromatic carbocycles. The maximum atomic E-state index is 12.3. The molecule has 0 radical (unpaired) electrons. The van der Waals surface area contributed by atoms with Crippen molar-refractivity contribution >= 4 is 29.1 Å². The fourth-order valence-electron chi connectivity index (χ4n) is 2.51. The molecule has 3 aromatic rings. The van der Waals surface area contributed by atoms with E-state index < -0.39 is 5.97 Å². The van der Waals surface area contributed by atoms with Gasteiger partial charge in [-0.15, -0.1) is 0 Å². The highest BCUT2D eigenvalue weighted by Crippen LogP contribution is 2.21. The molecular formula is C21H19N3O4. The summed E-state index contributed by atoms with van der Waals surface area (Å²) < 4.78 is 9.86. The van der Waals surface area contributed by atoms with Gasteiger partial charge in [0.1, 0.15) is 11.6 Å². The molecule has 0 aliphatic carbocycles. The third-order valence-electron chi connectivity index (χ3n) is 3.97. The molecule has 2 N–H and O–H groups in total. The number of rotatable bonds is 6. The van der Waals surface area contributed by atoms with Crippen LogP contribution in [0.25, 0.3) is 0 Å². The van der Waals surface area contributed by atoms with Crippen molar-refractivity contribution in [1.82, 2.24) is 4.98 Å². The summed E-state index contributed by atoms with van der Waals surface area (Å²) in [6, 6.07) is 17.2. The third kappa shape index (κ3) is 4.45. The molecule has 0 unspecified atom stereocenters. The lowest BCUT2D eigenvalue weighted by molar-refractivity contribution is 0.0601. The number of methoxy groups -OCH3 is 2. The standard InChI is InChI=1S/C21H19N3O4/c1-27-16-10-7-14(8-11-16)20(25)23-15-9-12-19(22-13-15)24-18-6-4-3-5-17(18)21(26)28-2/h3-13H,1-2H3,(H,22,24)(H,23,25). The first kappa shape index (κ1) is 18.9. The number of pyridine rings is 1. The number of aromatic nitrogens is 1. The van der Waals surface area contributed by atoms with Crippen molar-refractivity contribution < 1.29 is 19.1 Å². The Hall–Kier alpha value is -3.87. The monoisotopic (exact) mass is 377 g/mol. The van der Waals surface area contributed by atoms with Crippen LogP contribution in [0.15, 0.2) is 66.9 Å². The predicted octanol–water partition coefficient (Wildman–Crippen LogP) is 3.87. The van der Waals surface area contributed by atoms with Gasteiger partial charge in [0.2, 0.25) is 0 Å². The molecular weight excluding hydrogens is 358 g/mol. The Morgan fingerprint density at radius 3 is 2.32 bits per heavy atom. The number of hydrogen-bond acceptors (Lipinski definition) is 6. The van der Waals surface area contributed by atoms with Crippen LogP contribution >= 0.6 is 0 Å². The average Bonchev–Trinajstić information content (AvgIpc) is 2.75. The number of ether oxygens (including phenoxy) is 2. The Morgan fingerprint density at radius 2 is 1.68 bits per heavy atom. The van der Waals surface area contributed by atoms with E-state index in [1.54, 1.807) is 67.8 Å². The number of hydrogen-bond donors (Lipinski definition) is 2. The fraction of sp³-hybridized carbons (Fsp3) is 0.0952. The highest BCUT2D eigenvalue weighted by Gasteiger charge is 2.12. The molecule has 1 amide bonds. The molecule has 7 nitrogen and oxygen atoms in total. The van der Waals surface area contributed by atoms with E-state index in [9.17, 15) is 9.59 Å². The van der Waals surface area contributed by atoms with Crippen LogP contribution in [-0.2, 0) is 4.74 Å². The minimum atomic E-state index is -0.438. The highest BCUT2D eigenvalue weighted by atomic mass is 16.5. The van der Waals surface area contributed by atoms with E-state index in [1.807, 2.05) is 0 Å². The minimum Gasteiger partial charge on any atom is -0.497 e. The molecule has 0 saturated heterocycles. The second kappa shape index (κ2) is 8.68. The van der Waals surface area contributed by atoms with Crippen molar-refractivity contribution in [2.24, 2.45) is 0 Å². The number of nitrogens with zero attached hydrogens (tertiary/aromatic N) is 1. The number of para-hydroxylation sites is 1. The minimum absolute atomic E-state index is 0.249. The zero-order valence-corrected chi connectivity index (χ0v) is 15.4. The van der Waals surface area contributed by atoms with E-state index in [1.165, 1.54) is 13.3 Å². The van der Waals surface area contributed by atoms with E-state index in [0.29, 0.717) is 34.1 Å². The van der Waals surface area contributed by atoms with Crippen LogP contribution in [0, 0.1) is 0 Å². The Balaban J connectivity index is 1.68. The number of carbonyl (C=O) groups excluding carboxylic acids is 2. The van der Waals surface area contributed by atoms with E-state index >= 15 is 0 Å². The highest BCUT2D eigenvalue weighted by molar-refractivity contribution is 6.04. The summed E-state index contributed by atoms with van der Waals surface area (Å²) in [5.74, 6) is 0.521. The fourth-order valence-corrected chi connectivity index (χ4v) is 2.51. The van der Waals surface area contributed by atoms with Gasteiger partial charge < -0.3 is 20.1 Å². The van der Waals surface area contributed by atoms with Gasteiger partial charge in [-0.1, -0.05) is 12.1 Å². The van der Waals surface area contributed by atoms with Gasteiger partial charge in [0, 0.05) is 5.56 Å². The zero-order valence-electron chi connectivity index (χ0n) is 15.4. The molecule has 1 heterocycles. The quantitative estimate of drug-likeness (QED) is 0.634. The zero-order chi connectivity index (χ0) is 19.9. The van der Waals surface area contributed by atoms with Crippen molar-refractivity contribution in [2.75, 3.05) is 24.9 Å². The lowest BCUT2D eigenvalue weighted by atomic mass is 10.2. The van der Waals surface area contributed by atoms with E-state index in [4.69, 9.17) is 9.47 Å². The summed E-state index contributed by atoms with van der Waals surface area (Å²) in [6.07, 6.45) is 1.53. The van der Waals surface area contributed by atoms with Gasteiger partial charge in [0.15, 0.2) is 0 Å². The second-order valence-corrected chi connectivity index (χ2v) is 5.78. The molecule has 0 bridgehead atoms. The van der Waals surface area contributed by atoms with E-state index in [2.05, 4.69) is 15.6 Å². The molecule has 0 aliphatic rings. The second-order valence-electron chi connectivity index (χ2n) is 5.78. The average molecular weight is 377 g/mol. The van der Waals surface area contributed by atoms with Gasteiger partial charge in [0.05, 0.1) is 37.4 Å². The summed E-state index contributed by atoms with van der Waals surface area (Å²) in [5.41, 5.74) is 2.04. The molecule has 3 rings (SSSR count). The first-order valence-corrected chi connectivity index (χ1v) is 8.46. The summed E-state index contributed by atoms with van der Waals surface area (Å²) in [7, 11) is 2.90. The van der Waals surface area contributed by atoms with Gasteiger partial charge in [0.25, 0.3) is 5.91 Å². The molecule has 0 fully saturated rings. The molecule has 28 heavy (non-hydrogen) atoms. The first-order valence-electron chi connectivity index (χ1n) is 8.46. The Bertz CT molecular complexity index is 970. The molecule has 142 valence electrons. The third-order valence-corrected chi connectivity index (χ3v) is 3.97. The van der Waals surface area contributed by atoms with Crippen LogP contribution in [0.4, 0.5) is 17.2 Å². The Kier molecular flexibility index (Phi) is 5.86. The number of amides is 1. The topological polar surface area (TPSA) is 89.6 Å². The van der Waals surface area contributed by atoms with E-state index in [-0.39, 0.29) is 5.91 Å². The van der Waals surface area contributed by atoms with Gasteiger partial charge in [-0.2, -0.15) is 0 Å². The van der Waals surface area contributed by atoms with E-state index in [0.717, 1.165) is 0 Å². The van der Waals surface area contributed by atoms with Gasteiger partial charge in [-0.05, 0) is 48.5 Å². The molecule has 0 spiro atoms. The van der Waals surface area contributed by atoms with Crippen LogP contribution in [0.1, 0.15) is 20.7 Å². The van der Waals surface area contributed by atoms with Gasteiger partial charge >= 0.3 is 5.97 Å². The number of benzene rings is 2. The van der Waals surface area contributed by atoms with Crippen molar-refractivity contribution in [3.05, 3.63) is 78.0 Å². The normalized spacial score (nSPS) is 10.1. The molecule has 7 heteroatoms. The SMILES string of the molecule is COC(=O)c1ccccc1Nc1ccc(NC(=O)c2ccc(OC)cc2)cn1. The Morgan fingerprint density at radius 1 is 0.929 bits per heavy atom.